The molecule has 0 radical (unpaired) electrons. The van der Waals surface area contributed by atoms with Gasteiger partial charge in [0.05, 0.1) is 32.5 Å². The minimum absolute atomic E-state index is 0.00851. The smallest absolute Gasteiger partial charge is 0.257 e. The molecule has 2 aliphatic heterocycles. The lowest BCUT2D eigenvalue weighted by Crippen LogP contribution is -2.48. The highest BCUT2D eigenvalue weighted by Crippen LogP contribution is 2.39. The summed E-state index contributed by atoms with van der Waals surface area (Å²) in [7, 11) is 5.42. The summed E-state index contributed by atoms with van der Waals surface area (Å²) in [6.45, 7) is 8.26. The third-order valence-corrected chi connectivity index (χ3v) is 6.61. The van der Waals surface area contributed by atoms with E-state index in [9.17, 15) is 4.79 Å². The summed E-state index contributed by atoms with van der Waals surface area (Å²) in [5.41, 5.74) is 5.30. The van der Waals surface area contributed by atoms with Crippen molar-refractivity contribution in [1.29, 1.82) is 0 Å². The number of ether oxygens (including phenoxy) is 2. The van der Waals surface area contributed by atoms with E-state index in [1.54, 1.807) is 19.2 Å². The molecule has 2 aromatic carbocycles. The molecule has 1 atom stereocenters. The number of carbonyl (C=O) groups is 1. The van der Waals surface area contributed by atoms with Gasteiger partial charge in [0, 0.05) is 43.7 Å². The van der Waals surface area contributed by atoms with Crippen LogP contribution in [0.4, 0.5) is 0 Å². The zero-order valence-corrected chi connectivity index (χ0v) is 20.3. The van der Waals surface area contributed by atoms with E-state index in [0.29, 0.717) is 13.0 Å². The first-order chi connectivity index (χ1) is 15.9. The number of piperazine rings is 1. The Morgan fingerprint density at radius 1 is 1.03 bits per heavy atom. The fraction of sp³-hybridized carbons (Fsp3) is 0.462. The minimum Gasteiger partial charge on any atom is -0.497 e. The monoisotopic (exact) mass is 450 g/mol. The molecule has 1 saturated heterocycles. The van der Waals surface area contributed by atoms with E-state index in [2.05, 4.69) is 48.9 Å². The second-order valence-electron chi connectivity index (χ2n) is 9.01. The van der Waals surface area contributed by atoms with Crippen LogP contribution in [0.2, 0.25) is 0 Å². The predicted octanol–water partition coefficient (Wildman–Crippen LogP) is 3.25. The van der Waals surface area contributed by atoms with E-state index in [-0.39, 0.29) is 11.9 Å². The van der Waals surface area contributed by atoms with Crippen LogP contribution in [0.15, 0.2) is 41.5 Å². The van der Waals surface area contributed by atoms with Crippen molar-refractivity contribution >= 4 is 11.6 Å². The molecule has 2 heterocycles. The van der Waals surface area contributed by atoms with E-state index < -0.39 is 0 Å². The molecule has 4 rings (SSSR count). The fourth-order valence-corrected chi connectivity index (χ4v) is 4.65. The van der Waals surface area contributed by atoms with Gasteiger partial charge in [-0.3, -0.25) is 9.69 Å². The molecule has 1 fully saturated rings. The molecule has 2 aromatic rings. The Labute approximate surface area is 196 Å². The highest BCUT2D eigenvalue weighted by molar-refractivity contribution is 6.04. The number of carbonyl (C=O) groups excluding carboxylic acids is 1. The molecule has 1 amide bonds. The number of likely N-dealkylation sites (N-methyl/N-ethyl adjacent to an activating group) is 1. The van der Waals surface area contributed by atoms with Gasteiger partial charge in [-0.15, -0.1) is 0 Å². The van der Waals surface area contributed by atoms with Crippen LogP contribution in [0.5, 0.6) is 11.5 Å². The van der Waals surface area contributed by atoms with Gasteiger partial charge in [-0.2, -0.15) is 5.10 Å². The number of benzene rings is 2. The van der Waals surface area contributed by atoms with Crippen LogP contribution < -0.4 is 9.47 Å². The van der Waals surface area contributed by atoms with Crippen LogP contribution in [0.1, 0.15) is 34.7 Å². The molecule has 1 unspecified atom stereocenters. The summed E-state index contributed by atoms with van der Waals surface area (Å²) in [6, 6.07) is 11.9. The van der Waals surface area contributed by atoms with Gasteiger partial charge in [-0.25, -0.2) is 5.01 Å². The second kappa shape index (κ2) is 9.93. The molecular weight excluding hydrogens is 416 g/mol. The Morgan fingerprint density at radius 3 is 2.45 bits per heavy atom. The number of hydrazone groups is 1. The van der Waals surface area contributed by atoms with Gasteiger partial charge >= 0.3 is 0 Å². The third-order valence-electron chi connectivity index (χ3n) is 6.61. The van der Waals surface area contributed by atoms with Crippen LogP contribution in [0.3, 0.4) is 0 Å². The Bertz CT molecular complexity index is 1040. The molecule has 7 heteroatoms. The van der Waals surface area contributed by atoms with Crippen molar-refractivity contribution in [3.8, 4) is 11.5 Å². The summed E-state index contributed by atoms with van der Waals surface area (Å²) < 4.78 is 11.1. The summed E-state index contributed by atoms with van der Waals surface area (Å²) in [6.07, 6.45) is 0.627. The first kappa shape index (κ1) is 23.3. The quantitative estimate of drug-likeness (QED) is 0.676. The Hall–Kier alpha value is -2.90. The van der Waals surface area contributed by atoms with Crippen LogP contribution >= 0.6 is 0 Å². The van der Waals surface area contributed by atoms with Gasteiger partial charge in [0.2, 0.25) is 0 Å². The lowest BCUT2D eigenvalue weighted by molar-refractivity contribution is -0.134. The third kappa shape index (κ3) is 5.04. The maximum Gasteiger partial charge on any atom is 0.257 e. The van der Waals surface area contributed by atoms with E-state index >= 15 is 0 Å². The summed E-state index contributed by atoms with van der Waals surface area (Å²) in [4.78, 5) is 18.0. The van der Waals surface area contributed by atoms with Crippen molar-refractivity contribution in [3.05, 3.63) is 58.7 Å². The summed E-state index contributed by atoms with van der Waals surface area (Å²) >= 11 is 0. The average molecular weight is 451 g/mol. The normalized spacial score (nSPS) is 19.5. The average Bonchev–Trinajstić information content (AvgIpc) is 3.25. The predicted molar refractivity (Wildman–Crippen MR) is 130 cm³/mol. The Morgan fingerprint density at radius 2 is 1.79 bits per heavy atom. The minimum atomic E-state index is -0.245. The lowest BCUT2D eigenvalue weighted by Gasteiger charge is -2.33. The maximum atomic E-state index is 13.5. The lowest BCUT2D eigenvalue weighted by atomic mass is 9.94. The molecule has 176 valence electrons. The van der Waals surface area contributed by atoms with Crippen LogP contribution in [-0.4, -0.2) is 80.4 Å². The number of rotatable bonds is 6. The molecule has 2 aliphatic rings. The maximum absolute atomic E-state index is 13.5. The number of amides is 1. The van der Waals surface area contributed by atoms with Crippen LogP contribution in [0, 0.1) is 13.8 Å². The van der Waals surface area contributed by atoms with Gasteiger partial charge in [-0.05, 0) is 44.7 Å². The molecule has 0 saturated carbocycles. The highest BCUT2D eigenvalue weighted by Gasteiger charge is 2.36. The summed E-state index contributed by atoms with van der Waals surface area (Å²) in [5.74, 6) is 1.47. The van der Waals surface area contributed by atoms with Gasteiger partial charge < -0.3 is 14.4 Å². The van der Waals surface area contributed by atoms with Crippen molar-refractivity contribution < 1.29 is 14.3 Å². The zero-order chi connectivity index (χ0) is 23.5. The highest BCUT2D eigenvalue weighted by atomic mass is 16.5. The summed E-state index contributed by atoms with van der Waals surface area (Å²) in [5, 5.41) is 6.56. The van der Waals surface area contributed by atoms with Crippen LogP contribution in [0.25, 0.3) is 0 Å². The van der Waals surface area contributed by atoms with E-state index in [1.807, 2.05) is 18.2 Å². The van der Waals surface area contributed by atoms with Gasteiger partial charge in [0.25, 0.3) is 5.91 Å². The van der Waals surface area contributed by atoms with E-state index in [4.69, 9.17) is 14.6 Å². The Kier molecular flexibility index (Phi) is 7.00. The zero-order valence-electron chi connectivity index (χ0n) is 20.3. The molecule has 0 bridgehead atoms. The van der Waals surface area contributed by atoms with E-state index in [1.165, 1.54) is 11.1 Å². The van der Waals surface area contributed by atoms with Crippen molar-refractivity contribution in [1.82, 2.24) is 14.8 Å². The van der Waals surface area contributed by atoms with Gasteiger partial charge in [0.1, 0.15) is 11.5 Å². The molecule has 33 heavy (non-hydrogen) atoms. The standard InChI is InChI=1S/C26H34N4O3/c1-18-6-8-21(19(2)14-18)23-16-24(22-15-20(32-4)7-9-25(22)33-5)30(27-23)26(31)17-29-12-10-28(3)11-13-29/h6-9,14-15,24H,10-13,16-17H2,1-5H3. The van der Waals surface area contributed by atoms with Crippen molar-refractivity contribution in [2.45, 2.75) is 26.3 Å². The van der Waals surface area contributed by atoms with Gasteiger partial charge in [0.15, 0.2) is 0 Å². The first-order valence-corrected chi connectivity index (χ1v) is 11.5. The van der Waals surface area contributed by atoms with Crippen LogP contribution in [-0.2, 0) is 4.79 Å². The number of hydrogen-bond acceptors (Lipinski definition) is 6. The second-order valence-corrected chi connectivity index (χ2v) is 9.01. The molecule has 7 nitrogen and oxygen atoms in total. The molecule has 0 N–H and O–H groups in total. The van der Waals surface area contributed by atoms with E-state index in [0.717, 1.165) is 54.5 Å². The molecule has 0 aliphatic carbocycles. The van der Waals surface area contributed by atoms with Crippen molar-refractivity contribution in [3.63, 3.8) is 0 Å². The number of methoxy groups -OCH3 is 2. The fourth-order valence-electron chi connectivity index (χ4n) is 4.65. The SMILES string of the molecule is COc1ccc(OC)c(C2CC(c3ccc(C)cc3C)=NN2C(=O)CN2CCN(C)CC2)c1. The first-order valence-electron chi connectivity index (χ1n) is 11.5. The molecule has 0 aromatic heterocycles. The molecule has 0 spiro atoms. The van der Waals surface area contributed by atoms with Gasteiger partial charge in [-0.1, -0.05) is 23.8 Å². The van der Waals surface area contributed by atoms with Crippen molar-refractivity contribution in [2.24, 2.45) is 5.10 Å². The largest absolute Gasteiger partial charge is 0.497 e. The topological polar surface area (TPSA) is 57.6 Å². The van der Waals surface area contributed by atoms with Crippen molar-refractivity contribution in [2.75, 3.05) is 54.0 Å². The molecular formula is C26H34N4O3. The number of aryl methyl sites for hydroxylation is 2. The number of hydrogen-bond donors (Lipinski definition) is 0. The number of nitrogens with zero attached hydrogens (tertiary/aromatic N) is 4. The Balaban J connectivity index is 1.68.